The molecule has 5 heteroatoms. The zero-order valence-corrected chi connectivity index (χ0v) is 14.3. The molecule has 0 saturated carbocycles. The second-order valence-electron chi connectivity index (χ2n) is 6.48. The maximum atomic E-state index is 12.5. The van der Waals surface area contributed by atoms with Crippen LogP contribution in [0.15, 0.2) is 30.3 Å². The Hall–Kier alpha value is -2.53. The van der Waals surface area contributed by atoms with Crippen LogP contribution in [0.5, 0.6) is 23.0 Å². The van der Waals surface area contributed by atoms with E-state index >= 15 is 0 Å². The van der Waals surface area contributed by atoms with E-state index in [1.807, 2.05) is 6.92 Å². The van der Waals surface area contributed by atoms with Crippen LogP contribution in [0.2, 0.25) is 0 Å². The molecule has 0 fully saturated rings. The van der Waals surface area contributed by atoms with Crippen molar-refractivity contribution in [2.45, 2.75) is 45.1 Å². The van der Waals surface area contributed by atoms with Gasteiger partial charge < -0.3 is 20.1 Å². The zero-order chi connectivity index (χ0) is 18.1. The van der Waals surface area contributed by atoms with E-state index < -0.39 is 6.10 Å². The Labute approximate surface area is 146 Å². The molecule has 0 aliphatic carbocycles. The molecule has 1 aliphatic rings. The number of aliphatic hydroxyl groups is 1. The lowest BCUT2D eigenvalue weighted by Crippen LogP contribution is -2.17. The average molecular weight is 342 g/mol. The Balaban J connectivity index is 2.21. The lowest BCUT2D eigenvalue weighted by molar-refractivity contribution is 0.0976. The van der Waals surface area contributed by atoms with Crippen LogP contribution in [-0.4, -0.2) is 27.2 Å². The summed E-state index contributed by atoms with van der Waals surface area (Å²) in [6, 6.07) is 8.12. The number of carbonyl (C=O) groups is 1. The van der Waals surface area contributed by atoms with Crippen molar-refractivity contribution in [3.63, 3.8) is 0 Å². The number of carbonyl (C=O) groups excluding carboxylic acids is 1. The third-order valence-corrected chi connectivity index (χ3v) is 4.48. The first-order valence-corrected chi connectivity index (χ1v) is 8.50. The van der Waals surface area contributed by atoms with Gasteiger partial charge in [0.2, 0.25) is 0 Å². The second-order valence-corrected chi connectivity index (χ2v) is 6.48. The van der Waals surface area contributed by atoms with Crippen LogP contribution in [0.3, 0.4) is 0 Å². The minimum absolute atomic E-state index is 0.0864. The number of rotatable bonds is 5. The molecule has 0 saturated heterocycles. The Morgan fingerprint density at radius 3 is 2.64 bits per heavy atom. The fourth-order valence-corrected chi connectivity index (χ4v) is 3.42. The first-order chi connectivity index (χ1) is 11.9. The van der Waals surface area contributed by atoms with E-state index in [0.717, 1.165) is 0 Å². The van der Waals surface area contributed by atoms with Gasteiger partial charge in [-0.05, 0) is 38.0 Å². The maximum absolute atomic E-state index is 12.5. The highest BCUT2D eigenvalue weighted by Gasteiger charge is 2.34. The number of hydrogen-bond donors (Lipinski definition) is 3. The number of aliphatic hydroxyl groups excluding tert-OH is 1. The molecular formula is C20H22O5. The van der Waals surface area contributed by atoms with E-state index in [4.69, 9.17) is 4.74 Å². The minimum Gasteiger partial charge on any atom is -0.508 e. The maximum Gasteiger partial charge on any atom is 0.170 e. The molecule has 3 N–H and O–H groups in total. The third kappa shape index (κ3) is 3.07. The molecule has 0 aromatic heterocycles. The van der Waals surface area contributed by atoms with Crippen LogP contribution in [0.25, 0.3) is 0 Å². The quantitative estimate of drug-likeness (QED) is 0.713. The topological polar surface area (TPSA) is 87.0 Å². The highest BCUT2D eigenvalue weighted by atomic mass is 16.5. The molecule has 1 aliphatic heterocycles. The molecule has 2 atom stereocenters. The number of aromatic hydroxyl groups is 2. The van der Waals surface area contributed by atoms with Gasteiger partial charge in [0.15, 0.2) is 5.78 Å². The molecular weight excluding hydrogens is 320 g/mol. The monoisotopic (exact) mass is 342 g/mol. The van der Waals surface area contributed by atoms with Crippen LogP contribution >= 0.6 is 0 Å². The van der Waals surface area contributed by atoms with Crippen molar-refractivity contribution in [2.24, 2.45) is 0 Å². The van der Waals surface area contributed by atoms with Crippen molar-refractivity contribution in [3.8, 4) is 23.0 Å². The van der Waals surface area contributed by atoms with E-state index in [0.29, 0.717) is 41.9 Å². The van der Waals surface area contributed by atoms with Crippen LogP contribution in [-0.2, 0) is 0 Å². The highest BCUT2D eigenvalue weighted by molar-refractivity contribution is 6.02. The molecule has 0 spiro atoms. The first kappa shape index (κ1) is 17.3. The molecule has 0 radical (unpaired) electrons. The summed E-state index contributed by atoms with van der Waals surface area (Å²) in [4.78, 5) is 12.5. The summed E-state index contributed by atoms with van der Waals surface area (Å²) in [5.74, 6) is 0.224. The van der Waals surface area contributed by atoms with Crippen molar-refractivity contribution >= 4 is 5.78 Å². The summed E-state index contributed by atoms with van der Waals surface area (Å²) < 4.78 is 5.93. The van der Waals surface area contributed by atoms with Gasteiger partial charge in [-0.2, -0.15) is 0 Å². The van der Waals surface area contributed by atoms with E-state index in [9.17, 15) is 20.1 Å². The summed E-state index contributed by atoms with van der Waals surface area (Å²) in [5, 5.41) is 30.5. The summed E-state index contributed by atoms with van der Waals surface area (Å²) in [5.41, 5.74) is 1.45. The highest BCUT2D eigenvalue weighted by Crippen LogP contribution is 2.52. The van der Waals surface area contributed by atoms with Gasteiger partial charge in [0.1, 0.15) is 28.6 Å². The van der Waals surface area contributed by atoms with Crippen molar-refractivity contribution in [3.05, 3.63) is 47.0 Å². The summed E-state index contributed by atoms with van der Waals surface area (Å²) >= 11 is 0. The first-order valence-electron chi connectivity index (χ1n) is 8.50. The van der Waals surface area contributed by atoms with Gasteiger partial charge in [-0.15, -0.1) is 0 Å². The fourth-order valence-electron chi connectivity index (χ4n) is 3.42. The minimum atomic E-state index is -0.605. The summed E-state index contributed by atoms with van der Waals surface area (Å²) in [6.45, 7) is 3.58. The molecule has 2 aromatic carbocycles. The summed E-state index contributed by atoms with van der Waals surface area (Å²) in [6.07, 6.45) is 0.734. The Morgan fingerprint density at radius 1 is 1.20 bits per heavy atom. The van der Waals surface area contributed by atoms with Crippen molar-refractivity contribution < 1.29 is 24.9 Å². The lowest BCUT2D eigenvalue weighted by Gasteiger charge is -2.31. The number of benzene rings is 2. The van der Waals surface area contributed by atoms with Gasteiger partial charge in [0.25, 0.3) is 0 Å². The van der Waals surface area contributed by atoms with E-state index in [1.54, 1.807) is 31.2 Å². The lowest BCUT2D eigenvalue weighted by atomic mass is 9.82. The van der Waals surface area contributed by atoms with E-state index in [-0.39, 0.29) is 28.8 Å². The fraction of sp³-hybridized carbons (Fsp3) is 0.350. The van der Waals surface area contributed by atoms with Gasteiger partial charge in [-0.25, -0.2) is 0 Å². The van der Waals surface area contributed by atoms with Crippen molar-refractivity contribution in [2.75, 3.05) is 0 Å². The standard InChI is InChI=1S/C20H22O5/c1-3-5-14(22)19-16(24)9-8-12-13(10-11(2)21)18-15(23)6-4-7-17(18)25-20(12)19/h4,6-9,11,13,21,23-24H,3,5,10H2,1-2H3/t11-,13+/m1/s1. The number of ketones is 1. The normalized spacial score (nSPS) is 16.5. The molecule has 0 bridgehead atoms. The number of phenols is 2. The molecule has 0 unspecified atom stereocenters. The molecule has 25 heavy (non-hydrogen) atoms. The van der Waals surface area contributed by atoms with Gasteiger partial charge in [-0.1, -0.05) is 19.1 Å². The smallest absolute Gasteiger partial charge is 0.170 e. The molecule has 0 amide bonds. The molecule has 3 rings (SSSR count). The summed E-state index contributed by atoms with van der Waals surface area (Å²) in [7, 11) is 0. The molecule has 1 heterocycles. The van der Waals surface area contributed by atoms with Crippen LogP contribution in [0, 0.1) is 0 Å². The van der Waals surface area contributed by atoms with E-state index in [1.165, 1.54) is 6.07 Å². The Bertz CT molecular complexity index is 810. The van der Waals surface area contributed by atoms with Gasteiger partial charge >= 0.3 is 0 Å². The third-order valence-electron chi connectivity index (χ3n) is 4.48. The number of phenolic OH excluding ortho intramolecular Hbond substituents is 2. The predicted molar refractivity (Wildman–Crippen MR) is 93.7 cm³/mol. The number of Topliss-reactive ketones (excluding diaryl/α,β-unsaturated/α-hetero) is 1. The average Bonchev–Trinajstić information content (AvgIpc) is 2.54. The zero-order valence-electron chi connectivity index (χ0n) is 14.3. The molecule has 5 nitrogen and oxygen atoms in total. The Kier molecular flexibility index (Phi) is 4.68. The van der Waals surface area contributed by atoms with Gasteiger partial charge in [0.05, 0.1) is 6.10 Å². The van der Waals surface area contributed by atoms with Crippen molar-refractivity contribution in [1.29, 1.82) is 0 Å². The van der Waals surface area contributed by atoms with Gasteiger partial charge in [-0.3, -0.25) is 4.79 Å². The molecule has 132 valence electrons. The van der Waals surface area contributed by atoms with Crippen LogP contribution in [0.1, 0.15) is 60.5 Å². The van der Waals surface area contributed by atoms with Crippen LogP contribution < -0.4 is 4.74 Å². The SMILES string of the molecule is CCCC(=O)c1c(O)ccc2c1Oc1cccc(O)c1[C@H]2C[C@@H](C)O. The molecule has 2 aromatic rings. The van der Waals surface area contributed by atoms with Crippen molar-refractivity contribution in [1.82, 2.24) is 0 Å². The Morgan fingerprint density at radius 2 is 1.96 bits per heavy atom. The largest absolute Gasteiger partial charge is 0.508 e. The number of fused-ring (bicyclic) bond motifs is 2. The van der Waals surface area contributed by atoms with Gasteiger partial charge in [0, 0.05) is 23.5 Å². The number of hydrogen-bond acceptors (Lipinski definition) is 5. The van der Waals surface area contributed by atoms with E-state index in [2.05, 4.69) is 0 Å². The predicted octanol–water partition coefficient (Wildman–Crippen LogP) is 4.09. The van der Waals surface area contributed by atoms with Crippen LogP contribution in [0.4, 0.5) is 0 Å². The second kappa shape index (κ2) is 6.76. The number of ether oxygens (including phenoxy) is 1.